The largest absolute Gasteiger partial charge is 0.467 e. The van der Waals surface area contributed by atoms with Crippen molar-refractivity contribution < 1.29 is 14.6 Å². The first kappa shape index (κ1) is 28.9. The Morgan fingerprint density at radius 3 is 1.53 bits per heavy atom. The summed E-state index contributed by atoms with van der Waals surface area (Å²) in [5, 5.41) is 9.46. The summed E-state index contributed by atoms with van der Waals surface area (Å²) in [5.41, 5.74) is 0. The maximum Gasteiger partial charge on any atom is 0.334 e. The first-order valence-corrected chi connectivity index (χ1v) is 12.8. The van der Waals surface area contributed by atoms with E-state index in [-0.39, 0.29) is 0 Å². The Morgan fingerprint density at radius 2 is 1.07 bits per heavy atom. The number of aliphatic hydroxyl groups excluding tert-OH is 1. The lowest BCUT2D eigenvalue weighted by Gasteiger charge is -2.05. The fraction of sp³-hybridized carbons (Fsp3) is 0.815. The standard InChI is InChI=1S/C27H50O3/c1-3-4-5-6-7-8-9-10-11-12-13-14-15-16-17-18-19-20-21-22-23-24-25-26(28)27(29)30-2/h18-19,22-23,26,28H,3-17,20-21,24-25H2,1-2H3/b19-18-,23-22-/t26-/m1/s1. The molecule has 0 aliphatic heterocycles. The van der Waals surface area contributed by atoms with E-state index in [9.17, 15) is 9.90 Å². The highest BCUT2D eigenvalue weighted by Crippen LogP contribution is 2.13. The average molecular weight is 423 g/mol. The van der Waals surface area contributed by atoms with Gasteiger partial charge in [0.25, 0.3) is 0 Å². The van der Waals surface area contributed by atoms with Crippen LogP contribution in [0.15, 0.2) is 24.3 Å². The Kier molecular flexibility index (Phi) is 23.3. The van der Waals surface area contributed by atoms with Gasteiger partial charge in [-0.15, -0.1) is 0 Å². The minimum absolute atomic E-state index is 0.429. The van der Waals surface area contributed by atoms with E-state index in [1.54, 1.807) is 0 Å². The van der Waals surface area contributed by atoms with Gasteiger partial charge in [0.05, 0.1) is 7.11 Å². The first-order valence-electron chi connectivity index (χ1n) is 12.8. The molecule has 0 aromatic rings. The van der Waals surface area contributed by atoms with Crippen LogP contribution in [0.5, 0.6) is 0 Å². The molecule has 1 atom stereocenters. The Hall–Kier alpha value is -1.09. The fourth-order valence-corrected chi connectivity index (χ4v) is 3.63. The molecule has 0 fully saturated rings. The van der Waals surface area contributed by atoms with Crippen LogP contribution in [0.3, 0.4) is 0 Å². The second-order valence-corrected chi connectivity index (χ2v) is 8.52. The van der Waals surface area contributed by atoms with Gasteiger partial charge in [-0.3, -0.25) is 0 Å². The molecule has 1 N–H and O–H groups in total. The summed E-state index contributed by atoms with van der Waals surface area (Å²) < 4.78 is 4.49. The number of aliphatic hydroxyl groups is 1. The highest BCUT2D eigenvalue weighted by atomic mass is 16.5. The summed E-state index contributed by atoms with van der Waals surface area (Å²) in [6.07, 6.45) is 32.0. The smallest absolute Gasteiger partial charge is 0.334 e. The van der Waals surface area contributed by atoms with E-state index in [4.69, 9.17) is 0 Å². The summed E-state index contributed by atoms with van der Waals surface area (Å²) in [6.45, 7) is 2.28. The molecule has 0 saturated carbocycles. The number of allylic oxidation sites excluding steroid dienone is 4. The number of carbonyl (C=O) groups excluding carboxylic acids is 1. The number of esters is 1. The molecule has 0 radical (unpaired) electrons. The predicted octanol–water partition coefficient (Wildman–Crippen LogP) is 8.06. The van der Waals surface area contributed by atoms with Crippen molar-refractivity contribution in [2.24, 2.45) is 0 Å². The number of carbonyl (C=O) groups is 1. The molecule has 0 rings (SSSR count). The van der Waals surface area contributed by atoms with Crippen molar-refractivity contribution in [1.82, 2.24) is 0 Å². The molecule has 30 heavy (non-hydrogen) atoms. The first-order chi connectivity index (χ1) is 14.7. The number of methoxy groups -OCH3 is 1. The molecular formula is C27H50O3. The molecule has 3 heteroatoms. The normalized spacial score (nSPS) is 12.8. The van der Waals surface area contributed by atoms with E-state index in [0.717, 1.165) is 12.8 Å². The number of unbranched alkanes of at least 4 members (excludes halogenated alkanes) is 15. The monoisotopic (exact) mass is 422 g/mol. The molecular weight excluding hydrogens is 372 g/mol. The van der Waals surface area contributed by atoms with E-state index in [2.05, 4.69) is 29.9 Å². The molecule has 0 aliphatic rings. The molecule has 176 valence electrons. The Morgan fingerprint density at radius 1 is 0.667 bits per heavy atom. The predicted molar refractivity (Wildman–Crippen MR) is 130 cm³/mol. The molecule has 0 aromatic carbocycles. The van der Waals surface area contributed by atoms with Gasteiger partial charge in [0, 0.05) is 0 Å². The zero-order chi connectivity index (χ0) is 22.1. The maximum atomic E-state index is 11.1. The van der Waals surface area contributed by atoms with Gasteiger partial charge in [-0.25, -0.2) is 4.79 Å². The van der Waals surface area contributed by atoms with Crippen LogP contribution in [-0.4, -0.2) is 24.3 Å². The summed E-state index contributed by atoms with van der Waals surface area (Å²) in [4.78, 5) is 11.1. The third-order valence-electron chi connectivity index (χ3n) is 5.64. The number of hydrogen-bond donors (Lipinski definition) is 1. The maximum absolute atomic E-state index is 11.1. The minimum atomic E-state index is -0.996. The van der Waals surface area contributed by atoms with Crippen molar-refractivity contribution in [3.8, 4) is 0 Å². The van der Waals surface area contributed by atoms with Crippen LogP contribution < -0.4 is 0 Å². The second kappa shape index (κ2) is 24.2. The van der Waals surface area contributed by atoms with E-state index in [1.165, 1.54) is 103 Å². The van der Waals surface area contributed by atoms with E-state index >= 15 is 0 Å². The topological polar surface area (TPSA) is 46.5 Å². The molecule has 0 spiro atoms. The van der Waals surface area contributed by atoms with Crippen LogP contribution in [-0.2, 0) is 9.53 Å². The molecule has 0 aliphatic carbocycles. The van der Waals surface area contributed by atoms with Gasteiger partial charge in [-0.1, -0.05) is 115 Å². The lowest BCUT2D eigenvalue weighted by Crippen LogP contribution is -2.21. The summed E-state index contributed by atoms with van der Waals surface area (Å²) in [6, 6.07) is 0. The molecule has 3 nitrogen and oxygen atoms in total. The summed E-state index contributed by atoms with van der Waals surface area (Å²) in [5.74, 6) is -0.546. The third-order valence-corrected chi connectivity index (χ3v) is 5.64. The Labute approximate surface area is 187 Å². The minimum Gasteiger partial charge on any atom is -0.467 e. The Bertz CT molecular complexity index is 414. The van der Waals surface area contributed by atoms with Crippen molar-refractivity contribution >= 4 is 5.97 Å². The van der Waals surface area contributed by atoms with Crippen molar-refractivity contribution in [3.63, 3.8) is 0 Å². The van der Waals surface area contributed by atoms with E-state index in [0.29, 0.717) is 12.8 Å². The van der Waals surface area contributed by atoms with Crippen LogP contribution in [0.2, 0.25) is 0 Å². The molecule has 0 bridgehead atoms. The van der Waals surface area contributed by atoms with Gasteiger partial charge >= 0.3 is 5.97 Å². The summed E-state index contributed by atoms with van der Waals surface area (Å²) >= 11 is 0. The lowest BCUT2D eigenvalue weighted by atomic mass is 10.0. The van der Waals surface area contributed by atoms with Gasteiger partial charge in [-0.2, -0.15) is 0 Å². The van der Waals surface area contributed by atoms with Crippen molar-refractivity contribution in [1.29, 1.82) is 0 Å². The van der Waals surface area contributed by atoms with Gasteiger partial charge in [-0.05, 0) is 38.5 Å². The van der Waals surface area contributed by atoms with Crippen LogP contribution in [0.1, 0.15) is 129 Å². The fourth-order valence-electron chi connectivity index (χ4n) is 3.63. The molecule has 0 aromatic heterocycles. The lowest BCUT2D eigenvalue weighted by molar-refractivity contribution is -0.150. The van der Waals surface area contributed by atoms with Gasteiger partial charge in [0.2, 0.25) is 0 Å². The van der Waals surface area contributed by atoms with Gasteiger partial charge in [0.15, 0.2) is 6.10 Å². The summed E-state index contributed by atoms with van der Waals surface area (Å²) in [7, 11) is 1.30. The van der Waals surface area contributed by atoms with E-state index in [1.807, 2.05) is 6.08 Å². The van der Waals surface area contributed by atoms with E-state index < -0.39 is 12.1 Å². The van der Waals surface area contributed by atoms with Crippen molar-refractivity contribution in [2.75, 3.05) is 7.11 Å². The van der Waals surface area contributed by atoms with Crippen molar-refractivity contribution in [2.45, 2.75) is 135 Å². The third kappa shape index (κ3) is 21.6. The van der Waals surface area contributed by atoms with Crippen LogP contribution in [0, 0.1) is 0 Å². The highest BCUT2D eigenvalue weighted by molar-refractivity contribution is 5.74. The second-order valence-electron chi connectivity index (χ2n) is 8.52. The number of rotatable bonds is 22. The van der Waals surface area contributed by atoms with Crippen molar-refractivity contribution in [3.05, 3.63) is 24.3 Å². The molecule has 0 amide bonds. The zero-order valence-electron chi connectivity index (χ0n) is 20.1. The van der Waals surface area contributed by atoms with Gasteiger partial charge < -0.3 is 9.84 Å². The number of hydrogen-bond acceptors (Lipinski definition) is 3. The van der Waals surface area contributed by atoms with Crippen LogP contribution >= 0.6 is 0 Å². The number of ether oxygens (including phenoxy) is 1. The quantitative estimate of drug-likeness (QED) is 0.109. The van der Waals surface area contributed by atoms with Crippen LogP contribution in [0.25, 0.3) is 0 Å². The molecule has 0 heterocycles. The molecule has 0 unspecified atom stereocenters. The zero-order valence-corrected chi connectivity index (χ0v) is 20.1. The molecule has 0 saturated heterocycles. The SMILES string of the molecule is CCCCCCCCCCCCCCCC/C=C\CC/C=C\CC[C@@H](O)C(=O)OC. The average Bonchev–Trinajstić information content (AvgIpc) is 2.76. The van der Waals surface area contributed by atoms with Gasteiger partial charge in [0.1, 0.15) is 0 Å². The Balaban J connectivity index is 3.23. The highest BCUT2D eigenvalue weighted by Gasteiger charge is 2.13. The van der Waals surface area contributed by atoms with Crippen LogP contribution in [0.4, 0.5) is 0 Å².